The van der Waals surface area contributed by atoms with Gasteiger partial charge in [-0.1, -0.05) is 25.3 Å². The van der Waals surface area contributed by atoms with Crippen molar-refractivity contribution in [3.05, 3.63) is 83.9 Å². The first kappa shape index (κ1) is 21.6. The number of rotatable bonds is 5. The van der Waals surface area contributed by atoms with Crippen LogP contribution in [0, 0.1) is 0 Å². The molecule has 1 aromatic carbocycles. The number of carbonyl (C=O) groups excluding carboxylic acids is 1. The Morgan fingerprint density at radius 2 is 1.85 bits per heavy atom. The largest absolute Gasteiger partial charge is 0.465 e. The molecule has 5 rings (SSSR count). The van der Waals surface area contributed by atoms with Crippen LogP contribution in [0.25, 0.3) is 5.69 Å². The van der Waals surface area contributed by atoms with Crippen LogP contribution in [0.3, 0.4) is 0 Å². The first-order valence-electron chi connectivity index (χ1n) is 11.5. The van der Waals surface area contributed by atoms with E-state index in [0.717, 1.165) is 35.0 Å². The number of benzene rings is 1. The summed E-state index contributed by atoms with van der Waals surface area (Å²) in [5.74, 6) is -0.335. The van der Waals surface area contributed by atoms with E-state index in [1.807, 2.05) is 30.5 Å². The number of hydrogen-bond acceptors (Lipinski definition) is 4. The highest BCUT2D eigenvalue weighted by molar-refractivity contribution is 7.80. The SMILES string of the molecule is COC(=O)c1ccc(-n2cccc2[C@H]2[C@@H](c3ccccn3)NC(=S)N2C2CCCCC2)cc1. The lowest BCUT2D eigenvalue weighted by Gasteiger charge is -2.37. The molecule has 1 N–H and O–H groups in total. The molecule has 0 amide bonds. The third-order valence-corrected chi connectivity index (χ3v) is 7.08. The van der Waals surface area contributed by atoms with Crippen molar-refractivity contribution in [3.63, 3.8) is 0 Å². The van der Waals surface area contributed by atoms with Crippen molar-refractivity contribution >= 4 is 23.3 Å². The summed E-state index contributed by atoms with van der Waals surface area (Å²) in [7, 11) is 1.40. The summed E-state index contributed by atoms with van der Waals surface area (Å²) in [5.41, 5.74) is 3.66. The van der Waals surface area contributed by atoms with Gasteiger partial charge in [-0.2, -0.15) is 0 Å². The van der Waals surface area contributed by atoms with E-state index in [1.54, 1.807) is 12.1 Å². The number of hydrogen-bond donors (Lipinski definition) is 1. The van der Waals surface area contributed by atoms with Gasteiger partial charge in [0.1, 0.15) is 0 Å². The summed E-state index contributed by atoms with van der Waals surface area (Å²) >= 11 is 5.89. The van der Waals surface area contributed by atoms with E-state index in [9.17, 15) is 4.79 Å². The Labute approximate surface area is 199 Å². The minimum absolute atomic E-state index is 0.0192. The molecule has 2 aromatic heterocycles. The van der Waals surface area contributed by atoms with Crippen molar-refractivity contribution in [2.75, 3.05) is 7.11 Å². The fraction of sp³-hybridized carbons (Fsp3) is 0.346. The van der Waals surface area contributed by atoms with Gasteiger partial charge in [0.05, 0.1) is 30.5 Å². The fourth-order valence-corrected chi connectivity index (χ4v) is 5.57. The lowest BCUT2D eigenvalue weighted by atomic mass is 9.92. The third-order valence-electron chi connectivity index (χ3n) is 6.75. The van der Waals surface area contributed by atoms with Crippen LogP contribution in [0.15, 0.2) is 67.0 Å². The van der Waals surface area contributed by atoms with Crippen LogP contribution in [-0.4, -0.2) is 38.7 Å². The van der Waals surface area contributed by atoms with Gasteiger partial charge >= 0.3 is 5.97 Å². The Hall–Kier alpha value is -3.19. The standard InChI is InChI=1S/C26H28N4O2S/c1-32-25(31)18-12-14-19(15-13-18)29-17-7-11-22(29)24-23(21-10-5-6-16-27-21)28-26(33)30(24)20-8-3-2-4-9-20/h5-7,10-17,20,23-24H,2-4,8-9H2,1H3,(H,28,33)/t23-,24+/m1/s1. The van der Waals surface area contributed by atoms with Gasteiger partial charge in [0, 0.05) is 29.8 Å². The van der Waals surface area contributed by atoms with E-state index in [1.165, 1.54) is 26.4 Å². The van der Waals surface area contributed by atoms with Crippen LogP contribution in [0.1, 0.15) is 65.9 Å². The molecule has 2 fully saturated rings. The van der Waals surface area contributed by atoms with Crippen molar-refractivity contribution in [2.24, 2.45) is 0 Å². The molecule has 6 nitrogen and oxygen atoms in total. The molecular formula is C26H28N4O2S. The molecule has 170 valence electrons. The zero-order valence-electron chi connectivity index (χ0n) is 18.7. The molecular weight excluding hydrogens is 432 g/mol. The molecule has 3 heterocycles. The number of nitrogens with zero attached hydrogens (tertiary/aromatic N) is 3. The second kappa shape index (κ2) is 9.35. The van der Waals surface area contributed by atoms with Crippen LogP contribution in [-0.2, 0) is 4.74 Å². The molecule has 3 aromatic rings. The quantitative estimate of drug-likeness (QED) is 0.429. The first-order chi connectivity index (χ1) is 16.2. The molecule has 1 aliphatic carbocycles. The van der Waals surface area contributed by atoms with Gasteiger partial charge < -0.3 is 19.5 Å². The fourth-order valence-electron chi connectivity index (χ4n) is 5.18. The Bertz CT molecular complexity index is 1120. The topological polar surface area (TPSA) is 59.4 Å². The molecule has 2 atom stereocenters. The van der Waals surface area contributed by atoms with Gasteiger partial charge in [-0.3, -0.25) is 4.98 Å². The number of pyridine rings is 1. The summed E-state index contributed by atoms with van der Waals surface area (Å²) in [6.45, 7) is 0. The second-order valence-electron chi connectivity index (χ2n) is 8.67. The molecule has 0 radical (unpaired) electrons. The highest BCUT2D eigenvalue weighted by atomic mass is 32.1. The maximum Gasteiger partial charge on any atom is 0.337 e. The molecule has 0 unspecified atom stereocenters. The number of carbonyl (C=O) groups is 1. The molecule has 33 heavy (non-hydrogen) atoms. The summed E-state index contributed by atoms with van der Waals surface area (Å²) < 4.78 is 7.03. The maximum atomic E-state index is 11.9. The highest BCUT2D eigenvalue weighted by Gasteiger charge is 2.44. The van der Waals surface area contributed by atoms with Gasteiger partial charge in [0.15, 0.2) is 5.11 Å². The van der Waals surface area contributed by atoms with Crippen LogP contribution >= 0.6 is 12.2 Å². The summed E-state index contributed by atoms with van der Waals surface area (Å²) in [6.07, 6.45) is 9.98. The Kier molecular flexibility index (Phi) is 6.13. The van der Waals surface area contributed by atoms with Gasteiger partial charge in [-0.05, 0) is 73.6 Å². The number of nitrogens with one attached hydrogen (secondary N) is 1. The number of ether oxygens (including phenoxy) is 1. The van der Waals surface area contributed by atoms with E-state index < -0.39 is 0 Å². The van der Waals surface area contributed by atoms with Crippen molar-refractivity contribution in [1.29, 1.82) is 0 Å². The zero-order valence-corrected chi connectivity index (χ0v) is 19.5. The van der Waals surface area contributed by atoms with E-state index >= 15 is 0 Å². The van der Waals surface area contributed by atoms with Crippen LogP contribution < -0.4 is 5.32 Å². The smallest absolute Gasteiger partial charge is 0.337 e. The predicted molar refractivity (Wildman–Crippen MR) is 131 cm³/mol. The summed E-state index contributed by atoms with van der Waals surface area (Å²) in [4.78, 5) is 19.0. The minimum atomic E-state index is -0.335. The van der Waals surface area contributed by atoms with Crippen molar-refractivity contribution in [3.8, 4) is 5.69 Å². The van der Waals surface area contributed by atoms with E-state index in [-0.39, 0.29) is 18.1 Å². The van der Waals surface area contributed by atoms with E-state index in [4.69, 9.17) is 17.0 Å². The molecule has 2 aliphatic rings. The molecule has 0 bridgehead atoms. The lowest BCUT2D eigenvalue weighted by Crippen LogP contribution is -2.40. The zero-order chi connectivity index (χ0) is 22.8. The normalized spacial score (nSPS) is 21.1. The molecule has 1 saturated carbocycles. The third kappa shape index (κ3) is 4.13. The van der Waals surface area contributed by atoms with Crippen LogP contribution in [0.5, 0.6) is 0 Å². The van der Waals surface area contributed by atoms with Gasteiger partial charge in [0.25, 0.3) is 0 Å². The summed E-state index contributed by atoms with van der Waals surface area (Å²) in [5, 5.41) is 4.39. The minimum Gasteiger partial charge on any atom is -0.465 e. The number of esters is 1. The molecule has 0 spiro atoms. The van der Waals surface area contributed by atoms with Crippen molar-refractivity contribution in [2.45, 2.75) is 50.2 Å². The molecule has 7 heteroatoms. The average molecular weight is 461 g/mol. The monoisotopic (exact) mass is 460 g/mol. The van der Waals surface area contributed by atoms with Crippen LogP contribution in [0.2, 0.25) is 0 Å². The van der Waals surface area contributed by atoms with Gasteiger partial charge in [-0.15, -0.1) is 0 Å². The van der Waals surface area contributed by atoms with Crippen molar-refractivity contribution < 1.29 is 9.53 Å². The predicted octanol–water partition coefficient (Wildman–Crippen LogP) is 4.96. The Morgan fingerprint density at radius 1 is 1.06 bits per heavy atom. The van der Waals surface area contributed by atoms with Gasteiger partial charge in [-0.25, -0.2) is 4.79 Å². The second-order valence-corrected chi connectivity index (χ2v) is 9.05. The van der Waals surface area contributed by atoms with E-state index in [0.29, 0.717) is 11.6 Å². The summed E-state index contributed by atoms with van der Waals surface area (Å²) in [6, 6.07) is 18.2. The lowest BCUT2D eigenvalue weighted by molar-refractivity contribution is 0.0600. The molecule has 1 aliphatic heterocycles. The van der Waals surface area contributed by atoms with Crippen molar-refractivity contribution in [1.82, 2.24) is 19.8 Å². The maximum absolute atomic E-state index is 11.9. The average Bonchev–Trinajstić information content (AvgIpc) is 3.49. The van der Waals surface area contributed by atoms with E-state index in [2.05, 4.69) is 44.2 Å². The van der Waals surface area contributed by atoms with Crippen LogP contribution in [0.4, 0.5) is 0 Å². The van der Waals surface area contributed by atoms with Gasteiger partial charge in [0.2, 0.25) is 0 Å². The number of thiocarbonyl (C=S) groups is 1. The first-order valence-corrected chi connectivity index (χ1v) is 11.9. The Balaban J connectivity index is 1.56. The Morgan fingerprint density at radius 3 is 2.55 bits per heavy atom. The highest BCUT2D eigenvalue weighted by Crippen LogP contribution is 2.43. The molecule has 1 saturated heterocycles. The number of methoxy groups -OCH3 is 1. The number of aromatic nitrogens is 2.